The van der Waals surface area contributed by atoms with Crippen LogP contribution in [0.15, 0.2) is 42.9 Å². The van der Waals surface area contributed by atoms with Crippen LogP contribution < -0.4 is 5.32 Å². The molecule has 110 valence electrons. The first-order chi connectivity index (χ1) is 10.6. The van der Waals surface area contributed by atoms with Gasteiger partial charge in [0, 0.05) is 11.9 Å². The van der Waals surface area contributed by atoms with Crippen molar-refractivity contribution >= 4 is 23.2 Å². The van der Waals surface area contributed by atoms with Crippen LogP contribution in [0.3, 0.4) is 0 Å². The first-order valence-electron chi connectivity index (χ1n) is 6.40. The molecule has 0 aliphatic carbocycles. The van der Waals surface area contributed by atoms with Crippen molar-refractivity contribution in [2.45, 2.75) is 6.92 Å². The van der Waals surface area contributed by atoms with Crippen molar-refractivity contribution in [3.05, 3.63) is 59.1 Å². The van der Waals surface area contributed by atoms with E-state index < -0.39 is 0 Å². The second-order valence-electron chi connectivity index (χ2n) is 4.58. The summed E-state index contributed by atoms with van der Waals surface area (Å²) in [5, 5.41) is 14.2. The molecule has 8 heteroatoms. The molecule has 0 spiro atoms. The number of halogens is 1. The molecule has 22 heavy (non-hydrogen) atoms. The Morgan fingerprint density at radius 3 is 2.82 bits per heavy atom. The van der Waals surface area contributed by atoms with E-state index in [4.69, 9.17) is 11.6 Å². The molecular formula is C14H11ClN6O. The van der Waals surface area contributed by atoms with Gasteiger partial charge in [0.15, 0.2) is 0 Å². The summed E-state index contributed by atoms with van der Waals surface area (Å²) < 4.78 is 1.54. The molecule has 0 saturated carbocycles. The van der Waals surface area contributed by atoms with Crippen LogP contribution in [0.2, 0.25) is 5.15 Å². The zero-order chi connectivity index (χ0) is 15.5. The van der Waals surface area contributed by atoms with Gasteiger partial charge in [-0.15, -0.1) is 5.10 Å². The molecule has 3 rings (SSSR count). The van der Waals surface area contributed by atoms with Gasteiger partial charge in [0.2, 0.25) is 0 Å². The predicted octanol–water partition coefficient (Wildman–Crippen LogP) is 2.27. The van der Waals surface area contributed by atoms with E-state index in [0.29, 0.717) is 16.4 Å². The highest BCUT2D eigenvalue weighted by atomic mass is 35.5. The molecule has 1 N–H and O–H groups in total. The van der Waals surface area contributed by atoms with E-state index >= 15 is 0 Å². The van der Waals surface area contributed by atoms with Crippen molar-refractivity contribution < 1.29 is 4.79 Å². The van der Waals surface area contributed by atoms with Crippen LogP contribution in [0.5, 0.6) is 0 Å². The highest BCUT2D eigenvalue weighted by Crippen LogP contribution is 2.19. The van der Waals surface area contributed by atoms with Crippen molar-refractivity contribution in [1.82, 2.24) is 25.2 Å². The number of nitrogens with one attached hydrogen (secondary N) is 1. The molecular weight excluding hydrogens is 304 g/mol. The lowest BCUT2D eigenvalue weighted by Gasteiger charge is -2.09. The number of aromatic nitrogens is 5. The van der Waals surface area contributed by atoms with Crippen molar-refractivity contribution in [1.29, 1.82) is 0 Å². The van der Waals surface area contributed by atoms with E-state index in [1.54, 1.807) is 18.2 Å². The summed E-state index contributed by atoms with van der Waals surface area (Å²) >= 11 is 5.71. The lowest BCUT2D eigenvalue weighted by Crippen LogP contribution is -2.12. The summed E-state index contributed by atoms with van der Waals surface area (Å²) in [6.07, 6.45) is 2.92. The predicted molar refractivity (Wildman–Crippen MR) is 81.1 cm³/mol. The number of amides is 1. The van der Waals surface area contributed by atoms with E-state index in [0.717, 1.165) is 11.3 Å². The van der Waals surface area contributed by atoms with Gasteiger partial charge in [-0.25, -0.2) is 9.67 Å². The fourth-order valence-corrected chi connectivity index (χ4v) is 2.03. The average Bonchev–Trinajstić information content (AvgIpc) is 3.04. The largest absolute Gasteiger partial charge is 0.322 e. The highest BCUT2D eigenvalue weighted by Gasteiger charge is 2.09. The van der Waals surface area contributed by atoms with Crippen LogP contribution in [0.4, 0.5) is 5.69 Å². The molecule has 0 aliphatic rings. The minimum Gasteiger partial charge on any atom is -0.322 e. The maximum Gasteiger partial charge on any atom is 0.257 e. The first kappa shape index (κ1) is 14.2. The number of carbonyl (C=O) groups excluding carboxylic acids is 1. The van der Waals surface area contributed by atoms with Gasteiger partial charge in [-0.3, -0.25) is 4.79 Å². The third-order valence-electron chi connectivity index (χ3n) is 3.05. The van der Waals surface area contributed by atoms with Gasteiger partial charge in [0.05, 0.1) is 11.3 Å². The van der Waals surface area contributed by atoms with Crippen LogP contribution in [0.1, 0.15) is 15.9 Å². The van der Waals surface area contributed by atoms with Crippen LogP contribution >= 0.6 is 11.6 Å². The van der Waals surface area contributed by atoms with Gasteiger partial charge >= 0.3 is 0 Å². The van der Waals surface area contributed by atoms with Gasteiger partial charge in [-0.1, -0.05) is 17.7 Å². The minimum absolute atomic E-state index is 0.268. The molecule has 0 fully saturated rings. The monoisotopic (exact) mass is 314 g/mol. The summed E-state index contributed by atoms with van der Waals surface area (Å²) in [6, 6.07) is 8.67. The Balaban J connectivity index is 1.85. The molecule has 0 bridgehead atoms. The number of tetrazole rings is 1. The molecule has 0 saturated heterocycles. The Morgan fingerprint density at radius 2 is 2.14 bits per heavy atom. The molecule has 0 unspecified atom stereocenters. The number of anilines is 1. The average molecular weight is 315 g/mol. The molecule has 2 heterocycles. The number of benzene rings is 1. The van der Waals surface area contributed by atoms with Gasteiger partial charge in [-0.05, 0) is 47.2 Å². The standard InChI is InChI=1S/C14H11ClN6O/c1-9-2-4-11(6-12(9)21-8-17-19-20-21)18-14(22)10-3-5-13(15)16-7-10/h2-8H,1H3,(H,18,22). The zero-order valence-electron chi connectivity index (χ0n) is 11.6. The number of aryl methyl sites for hydroxylation is 1. The summed E-state index contributed by atoms with van der Waals surface area (Å²) in [6.45, 7) is 1.94. The quantitative estimate of drug-likeness (QED) is 0.749. The van der Waals surface area contributed by atoms with E-state index in [-0.39, 0.29) is 5.91 Å². The van der Waals surface area contributed by atoms with Gasteiger partial charge in [0.25, 0.3) is 5.91 Å². The topological polar surface area (TPSA) is 85.6 Å². The number of hydrogen-bond donors (Lipinski definition) is 1. The van der Waals surface area contributed by atoms with E-state index in [2.05, 4.69) is 25.8 Å². The summed E-state index contributed by atoms with van der Waals surface area (Å²) in [5.41, 5.74) is 2.83. The maximum atomic E-state index is 12.2. The van der Waals surface area contributed by atoms with E-state index in [1.165, 1.54) is 17.2 Å². The number of pyridine rings is 1. The third-order valence-corrected chi connectivity index (χ3v) is 3.28. The fraction of sp³-hybridized carbons (Fsp3) is 0.0714. The van der Waals surface area contributed by atoms with Crippen LogP contribution in [-0.2, 0) is 0 Å². The van der Waals surface area contributed by atoms with Crippen molar-refractivity contribution in [3.63, 3.8) is 0 Å². The Bertz CT molecular complexity index is 801. The first-order valence-corrected chi connectivity index (χ1v) is 6.78. The number of nitrogens with zero attached hydrogens (tertiary/aromatic N) is 5. The summed E-state index contributed by atoms with van der Waals surface area (Å²) in [5.74, 6) is -0.268. The van der Waals surface area contributed by atoms with Crippen molar-refractivity contribution in [2.24, 2.45) is 0 Å². The second kappa shape index (κ2) is 5.90. The summed E-state index contributed by atoms with van der Waals surface area (Å²) in [4.78, 5) is 16.1. The minimum atomic E-state index is -0.268. The lowest BCUT2D eigenvalue weighted by atomic mass is 10.1. The summed E-state index contributed by atoms with van der Waals surface area (Å²) in [7, 11) is 0. The van der Waals surface area contributed by atoms with Gasteiger partial charge in [0.1, 0.15) is 11.5 Å². The smallest absolute Gasteiger partial charge is 0.257 e. The highest BCUT2D eigenvalue weighted by molar-refractivity contribution is 6.29. The SMILES string of the molecule is Cc1ccc(NC(=O)c2ccc(Cl)nc2)cc1-n1cnnn1. The van der Waals surface area contributed by atoms with E-state index in [9.17, 15) is 4.79 Å². The Morgan fingerprint density at radius 1 is 1.27 bits per heavy atom. The maximum absolute atomic E-state index is 12.2. The van der Waals surface area contributed by atoms with E-state index in [1.807, 2.05) is 19.1 Å². The Hall–Kier alpha value is -2.80. The molecule has 1 amide bonds. The van der Waals surface area contributed by atoms with Crippen molar-refractivity contribution in [2.75, 3.05) is 5.32 Å². The molecule has 3 aromatic rings. The van der Waals surface area contributed by atoms with Gasteiger partial charge in [-0.2, -0.15) is 0 Å². The zero-order valence-corrected chi connectivity index (χ0v) is 12.3. The molecule has 0 radical (unpaired) electrons. The van der Waals surface area contributed by atoms with Crippen molar-refractivity contribution in [3.8, 4) is 5.69 Å². The molecule has 1 aromatic carbocycles. The number of hydrogen-bond acceptors (Lipinski definition) is 5. The molecule has 7 nitrogen and oxygen atoms in total. The molecule has 0 aliphatic heterocycles. The lowest BCUT2D eigenvalue weighted by molar-refractivity contribution is 0.102. The number of carbonyl (C=O) groups is 1. The third kappa shape index (κ3) is 2.94. The second-order valence-corrected chi connectivity index (χ2v) is 4.97. The van der Waals surface area contributed by atoms with Crippen LogP contribution in [0.25, 0.3) is 5.69 Å². The van der Waals surface area contributed by atoms with Crippen LogP contribution in [0, 0.1) is 6.92 Å². The fourth-order valence-electron chi connectivity index (χ4n) is 1.92. The Kier molecular flexibility index (Phi) is 3.80. The van der Waals surface area contributed by atoms with Gasteiger partial charge < -0.3 is 5.32 Å². The van der Waals surface area contributed by atoms with Crippen LogP contribution in [-0.4, -0.2) is 31.1 Å². The Labute approximate surface area is 130 Å². The number of rotatable bonds is 3. The molecule has 2 aromatic heterocycles. The normalized spacial score (nSPS) is 10.5. The molecule has 0 atom stereocenters.